The maximum absolute atomic E-state index is 11.4. The molecule has 1 atom stereocenters. The molecular weight excluding hydrogens is 184 g/mol. The third-order valence-electron chi connectivity index (χ3n) is 2.27. The van der Waals surface area contributed by atoms with E-state index in [9.17, 15) is 4.79 Å². The summed E-state index contributed by atoms with van der Waals surface area (Å²) in [6.45, 7) is 2.12. The Morgan fingerprint density at radius 1 is 1.64 bits per heavy atom. The second-order valence-electron chi connectivity index (χ2n) is 3.77. The predicted octanol–water partition coefficient (Wildman–Crippen LogP) is -0.249. The molecule has 1 unspecified atom stereocenters. The van der Waals surface area contributed by atoms with E-state index in [1.165, 1.54) is 0 Å². The van der Waals surface area contributed by atoms with Gasteiger partial charge in [-0.05, 0) is 14.1 Å². The van der Waals surface area contributed by atoms with Crippen molar-refractivity contribution < 1.29 is 14.6 Å². The monoisotopic (exact) mass is 202 g/mol. The number of aliphatic hydroxyl groups excluding tert-OH is 1. The van der Waals surface area contributed by atoms with Gasteiger partial charge in [0.15, 0.2) is 0 Å². The highest BCUT2D eigenvalue weighted by atomic mass is 16.6. The van der Waals surface area contributed by atoms with Crippen LogP contribution in [0, 0.1) is 0 Å². The minimum Gasteiger partial charge on any atom is -0.444 e. The smallest absolute Gasteiger partial charge is 0.410 e. The number of hydrogen-bond donors (Lipinski definition) is 1. The zero-order chi connectivity index (χ0) is 10.6. The number of carbonyl (C=O) groups is 1. The summed E-state index contributed by atoms with van der Waals surface area (Å²) in [5.41, 5.74) is 0. The molecule has 1 amide bonds. The fourth-order valence-corrected chi connectivity index (χ4v) is 1.32. The van der Waals surface area contributed by atoms with Crippen molar-refractivity contribution in [2.45, 2.75) is 12.5 Å². The van der Waals surface area contributed by atoms with Crippen molar-refractivity contribution in [3.8, 4) is 0 Å². The standard InChI is InChI=1S/C9H18N2O3/c1-10(2)5-6-11-4-3-8(7-12)14-9(11)13/h8,12H,3-7H2,1-2H3. The van der Waals surface area contributed by atoms with Crippen LogP contribution in [0.3, 0.4) is 0 Å². The van der Waals surface area contributed by atoms with E-state index in [4.69, 9.17) is 9.84 Å². The van der Waals surface area contributed by atoms with Gasteiger partial charge in [-0.25, -0.2) is 4.79 Å². The van der Waals surface area contributed by atoms with Crippen LogP contribution in [0.5, 0.6) is 0 Å². The molecule has 14 heavy (non-hydrogen) atoms. The molecular formula is C9H18N2O3. The number of rotatable bonds is 4. The molecule has 5 heteroatoms. The zero-order valence-corrected chi connectivity index (χ0v) is 8.77. The molecule has 0 spiro atoms. The maximum atomic E-state index is 11.4. The van der Waals surface area contributed by atoms with E-state index >= 15 is 0 Å². The molecule has 82 valence electrons. The molecule has 0 aromatic carbocycles. The van der Waals surface area contributed by atoms with Crippen molar-refractivity contribution in [1.82, 2.24) is 9.80 Å². The Kier molecular flexibility index (Phi) is 4.16. The Labute approximate surface area is 84.2 Å². The van der Waals surface area contributed by atoms with Crippen LogP contribution in [0.1, 0.15) is 6.42 Å². The lowest BCUT2D eigenvalue weighted by Gasteiger charge is -2.31. The van der Waals surface area contributed by atoms with E-state index in [-0.39, 0.29) is 18.8 Å². The van der Waals surface area contributed by atoms with Gasteiger partial charge in [0, 0.05) is 26.1 Å². The zero-order valence-electron chi connectivity index (χ0n) is 8.77. The van der Waals surface area contributed by atoms with Gasteiger partial charge in [0.25, 0.3) is 0 Å². The van der Waals surface area contributed by atoms with Crippen molar-refractivity contribution in [2.24, 2.45) is 0 Å². The molecule has 0 aromatic rings. The van der Waals surface area contributed by atoms with Crippen LogP contribution >= 0.6 is 0 Å². The number of amides is 1. The molecule has 1 fully saturated rings. The summed E-state index contributed by atoms with van der Waals surface area (Å²) in [6, 6.07) is 0. The van der Waals surface area contributed by atoms with E-state index in [1.807, 2.05) is 19.0 Å². The van der Waals surface area contributed by atoms with Crippen molar-refractivity contribution in [3.63, 3.8) is 0 Å². The Balaban J connectivity index is 2.31. The van der Waals surface area contributed by atoms with Crippen molar-refractivity contribution >= 4 is 6.09 Å². The molecule has 1 aliphatic rings. The van der Waals surface area contributed by atoms with Crippen LogP contribution in [0.2, 0.25) is 0 Å². The number of hydrogen-bond acceptors (Lipinski definition) is 4. The first-order chi connectivity index (χ1) is 6.63. The summed E-state index contributed by atoms with van der Waals surface area (Å²) < 4.78 is 5.00. The van der Waals surface area contributed by atoms with Gasteiger partial charge in [-0.15, -0.1) is 0 Å². The van der Waals surface area contributed by atoms with Crippen LogP contribution in [-0.4, -0.2) is 67.4 Å². The van der Waals surface area contributed by atoms with Gasteiger partial charge in [0.1, 0.15) is 6.10 Å². The van der Waals surface area contributed by atoms with Gasteiger partial charge in [-0.1, -0.05) is 0 Å². The first kappa shape index (κ1) is 11.3. The Hall–Kier alpha value is -0.810. The second-order valence-corrected chi connectivity index (χ2v) is 3.77. The fourth-order valence-electron chi connectivity index (χ4n) is 1.32. The first-order valence-corrected chi connectivity index (χ1v) is 4.84. The summed E-state index contributed by atoms with van der Waals surface area (Å²) >= 11 is 0. The van der Waals surface area contributed by atoms with Gasteiger partial charge in [-0.3, -0.25) is 0 Å². The number of nitrogens with zero attached hydrogens (tertiary/aromatic N) is 2. The lowest BCUT2D eigenvalue weighted by atomic mass is 10.2. The first-order valence-electron chi connectivity index (χ1n) is 4.84. The molecule has 0 aliphatic carbocycles. The molecule has 1 N–H and O–H groups in total. The third-order valence-corrected chi connectivity index (χ3v) is 2.27. The minimum absolute atomic E-state index is 0.0761. The molecule has 0 aromatic heterocycles. The molecule has 0 bridgehead atoms. The van der Waals surface area contributed by atoms with E-state index in [0.717, 1.165) is 13.0 Å². The molecule has 0 radical (unpaired) electrons. The average Bonchev–Trinajstić information content (AvgIpc) is 2.15. The number of carbonyl (C=O) groups excluding carboxylic acids is 1. The topological polar surface area (TPSA) is 53.0 Å². The minimum atomic E-state index is -0.308. The average molecular weight is 202 g/mol. The summed E-state index contributed by atoms with van der Waals surface area (Å²) in [5, 5.41) is 8.81. The number of aliphatic hydroxyl groups is 1. The summed E-state index contributed by atoms with van der Waals surface area (Å²) in [4.78, 5) is 15.0. The van der Waals surface area contributed by atoms with E-state index in [2.05, 4.69) is 0 Å². The van der Waals surface area contributed by atoms with Crippen LogP contribution in [0.25, 0.3) is 0 Å². The number of cyclic esters (lactones) is 1. The van der Waals surface area contributed by atoms with Gasteiger partial charge < -0.3 is 19.6 Å². The molecule has 1 heterocycles. The van der Waals surface area contributed by atoms with E-state index in [0.29, 0.717) is 13.1 Å². The Bertz CT molecular complexity index is 196. The summed E-state index contributed by atoms with van der Waals surface area (Å²) in [5.74, 6) is 0. The SMILES string of the molecule is CN(C)CCN1CCC(CO)OC1=O. The molecule has 5 nitrogen and oxygen atoms in total. The number of ether oxygens (including phenoxy) is 1. The third kappa shape index (κ3) is 3.16. The Morgan fingerprint density at radius 3 is 2.86 bits per heavy atom. The largest absolute Gasteiger partial charge is 0.444 e. The van der Waals surface area contributed by atoms with Crippen LogP contribution in [0.15, 0.2) is 0 Å². The maximum Gasteiger partial charge on any atom is 0.410 e. The summed E-state index contributed by atoms with van der Waals surface area (Å²) in [7, 11) is 3.93. The highest BCUT2D eigenvalue weighted by molar-refractivity contribution is 5.68. The highest BCUT2D eigenvalue weighted by Crippen LogP contribution is 2.10. The normalized spacial score (nSPS) is 22.7. The van der Waals surface area contributed by atoms with E-state index in [1.54, 1.807) is 4.90 Å². The van der Waals surface area contributed by atoms with E-state index < -0.39 is 0 Å². The lowest BCUT2D eigenvalue weighted by Crippen LogP contribution is -2.45. The molecule has 0 saturated carbocycles. The van der Waals surface area contributed by atoms with Crippen molar-refractivity contribution in [1.29, 1.82) is 0 Å². The van der Waals surface area contributed by atoms with Gasteiger partial charge in [0.2, 0.25) is 0 Å². The van der Waals surface area contributed by atoms with Gasteiger partial charge in [0.05, 0.1) is 6.61 Å². The van der Waals surface area contributed by atoms with Gasteiger partial charge >= 0.3 is 6.09 Å². The fraction of sp³-hybridized carbons (Fsp3) is 0.889. The van der Waals surface area contributed by atoms with Gasteiger partial charge in [-0.2, -0.15) is 0 Å². The number of likely N-dealkylation sites (N-methyl/N-ethyl adjacent to an activating group) is 1. The summed E-state index contributed by atoms with van der Waals surface area (Å²) in [6.07, 6.45) is 0.102. The predicted molar refractivity (Wildman–Crippen MR) is 52.1 cm³/mol. The van der Waals surface area contributed by atoms with Crippen molar-refractivity contribution in [2.75, 3.05) is 40.3 Å². The van der Waals surface area contributed by atoms with Crippen LogP contribution in [-0.2, 0) is 4.74 Å². The molecule has 1 rings (SSSR count). The van der Waals surface area contributed by atoms with Crippen LogP contribution < -0.4 is 0 Å². The van der Waals surface area contributed by atoms with Crippen LogP contribution in [0.4, 0.5) is 4.79 Å². The molecule has 1 saturated heterocycles. The highest BCUT2D eigenvalue weighted by Gasteiger charge is 2.25. The molecule has 1 aliphatic heterocycles. The van der Waals surface area contributed by atoms with Crippen molar-refractivity contribution in [3.05, 3.63) is 0 Å². The quantitative estimate of drug-likeness (QED) is 0.683. The lowest BCUT2D eigenvalue weighted by molar-refractivity contribution is -0.00194. The second kappa shape index (κ2) is 5.17. The Morgan fingerprint density at radius 2 is 2.36 bits per heavy atom.